The Morgan fingerprint density at radius 2 is 1.81 bits per heavy atom. The van der Waals surface area contributed by atoms with Crippen LogP contribution < -0.4 is 20.3 Å². The van der Waals surface area contributed by atoms with E-state index in [-0.39, 0.29) is 18.5 Å². The molecule has 0 aromatic heterocycles. The number of para-hydroxylation sites is 2. The summed E-state index contributed by atoms with van der Waals surface area (Å²) in [5, 5.41) is 6.63. The second-order valence-corrected chi connectivity index (χ2v) is 8.23. The van der Waals surface area contributed by atoms with Crippen LogP contribution in [0.15, 0.2) is 53.5 Å². The van der Waals surface area contributed by atoms with E-state index in [0.29, 0.717) is 12.5 Å². The summed E-state index contributed by atoms with van der Waals surface area (Å²) < 4.78 is 5.63. The Balaban J connectivity index is 1.37. The first-order valence-electron chi connectivity index (χ1n) is 11.4. The molecule has 0 radical (unpaired) electrons. The highest BCUT2D eigenvalue weighted by atomic mass is 16.5. The van der Waals surface area contributed by atoms with Gasteiger partial charge >= 0.3 is 0 Å². The van der Waals surface area contributed by atoms with E-state index in [2.05, 4.69) is 38.7 Å². The lowest BCUT2D eigenvalue weighted by molar-refractivity contribution is -0.117. The highest BCUT2D eigenvalue weighted by Gasteiger charge is 2.27. The average Bonchev–Trinajstić information content (AvgIpc) is 3.51. The number of hydrogen-bond donors (Lipinski definition) is 2. The molecule has 2 heterocycles. The normalized spacial score (nSPS) is 17.2. The molecule has 2 aromatic rings. The Kier molecular flexibility index (Phi) is 7.27. The predicted molar refractivity (Wildman–Crippen MR) is 128 cm³/mol. The number of hydrogen-bond acceptors (Lipinski definition) is 4. The summed E-state index contributed by atoms with van der Waals surface area (Å²) in [4.78, 5) is 21.5. The molecule has 0 saturated carbocycles. The Labute approximate surface area is 190 Å². The number of amides is 1. The fourth-order valence-electron chi connectivity index (χ4n) is 4.70. The first kappa shape index (κ1) is 22.1. The van der Waals surface area contributed by atoms with Gasteiger partial charge in [0, 0.05) is 31.4 Å². The molecule has 1 fully saturated rings. The number of guanidine groups is 1. The average molecular weight is 436 g/mol. The van der Waals surface area contributed by atoms with Crippen LogP contribution in [0.2, 0.25) is 0 Å². The van der Waals surface area contributed by atoms with Crippen LogP contribution in [0.1, 0.15) is 30.0 Å². The SMILES string of the molecule is CN=C(NCC(=O)N1CCc2ccccc21)NCC(c1ccccc1OC)N1CCCC1. The number of aliphatic imine (C=N–C) groups is 1. The smallest absolute Gasteiger partial charge is 0.246 e. The van der Waals surface area contributed by atoms with E-state index >= 15 is 0 Å². The van der Waals surface area contributed by atoms with Crippen LogP contribution in [0, 0.1) is 0 Å². The molecule has 2 aliphatic rings. The van der Waals surface area contributed by atoms with E-state index in [0.717, 1.165) is 37.5 Å². The summed E-state index contributed by atoms with van der Waals surface area (Å²) in [7, 11) is 3.45. The van der Waals surface area contributed by atoms with E-state index in [9.17, 15) is 4.79 Å². The molecule has 170 valence electrons. The topological polar surface area (TPSA) is 69.2 Å². The van der Waals surface area contributed by atoms with Crippen molar-refractivity contribution in [1.29, 1.82) is 0 Å². The van der Waals surface area contributed by atoms with Gasteiger partial charge in [-0.3, -0.25) is 14.7 Å². The van der Waals surface area contributed by atoms with Crippen molar-refractivity contribution >= 4 is 17.6 Å². The summed E-state index contributed by atoms with van der Waals surface area (Å²) in [6.45, 7) is 3.76. The molecule has 2 N–H and O–H groups in total. The Morgan fingerprint density at radius 1 is 1.06 bits per heavy atom. The van der Waals surface area contributed by atoms with Gasteiger partial charge in [0.05, 0.1) is 19.7 Å². The molecular weight excluding hydrogens is 402 g/mol. The zero-order chi connectivity index (χ0) is 22.3. The maximum Gasteiger partial charge on any atom is 0.246 e. The number of benzene rings is 2. The summed E-state index contributed by atoms with van der Waals surface area (Å²) in [5.41, 5.74) is 3.42. The summed E-state index contributed by atoms with van der Waals surface area (Å²) >= 11 is 0. The predicted octanol–water partition coefficient (Wildman–Crippen LogP) is 2.59. The van der Waals surface area contributed by atoms with Gasteiger partial charge in [0.2, 0.25) is 5.91 Å². The van der Waals surface area contributed by atoms with E-state index in [1.807, 2.05) is 35.2 Å². The largest absolute Gasteiger partial charge is 0.496 e. The van der Waals surface area contributed by atoms with Gasteiger partial charge in [-0.25, -0.2) is 0 Å². The molecule has 1 unspecified atom stereocenters. The molecule has 1 atom stereocenters. The van der Waals surface area contributed by atoms with E-state index in [1.165, 1.54) is 24.0 Å². The molecule has 2 aliphatic heterocycles. The molecule has 2 aromatic carbocycles. The van der Waals surface area contributed by atoms with E-state index in [1.54, 1.807) is 14.2 Å². The van der Waals surface area contributed by atoms with Gasteiger partial charge in [-0.05, 0) is 50.0 Å². The first-order chi connectivity index (χ1) is 15.7. The van der Waals surface area contributed by atoms with Gasteiger partial charge in [0.1, 0.15) is 5.75 Å². The summed E-state index contributed by atoms with van der Waals surface area (Å²) in [6.07, 6.45) is 3.33. The number of methoxy groups -OCH3 is 1. The maximum atomic E-state index is 12.8. The highest BCUT2D eigenvalue weighted by Crippen LogP contribution is 2.31. The van der Waals surface area contributed by atoms with Crippen molar-refractivity contribution in [3.8, 4) is 5.75 Å². The van der Waals surface area contributed by atoms with Gasteiger partial charge < -0.3 is 20.3 Å². The standard InChI is InChI=1S/C25H33N5O2/c1-26-25(28-18-24(31)30-16-13-19-9-3-5-11-21(19)30)27-17-22(29-14-7-8-15-29)20-10-4-6-12-23(20)32-2/h3-6,9-12,22H,7-8,13-18H2,1-2H3,(H2,26,27,28). The lowest BCUT2D eigenvalue weighted by Crippen LogP contribution is -2.46. The van der Waals surface area contributed by atoms with Crippen molar-refractivity contribution in [3.63, 3.8) is 0 Å². The van der Waals surface area contributed by atoms with Crippen molar-refractivity contribution in [2.45, 2.75) is 25.3 Å². The fraction of sp³-hybridized carbons (Fsp3) is 0.440. The van der Waals surface area contributed by atoms with E-state index < -0.39 is 0 Å². The third kappa shape index (κ3) is 4.88. The van der Waals surface area contributed by atoms with E-state index in [4.69, 9.17) is 4.74 Å². The fourth-order valence-corrected chi connectivity index (χ4v) is 4.70. The minimum Gasteiger partial charge on any atom is -0.496 e. The molecule has 0 spiro atoms. The number of anilines is 1. The number of ether oxygens (including phenoxy) is 1. The van der Waals surface area contributed by atoms with Crippen molar-refractivity contribution in [2.75, 3.05) is 51.8 Å². The van der Waals surface area contributed by atoms with Crippen LogP contribution in [0.5, 0.6) is 5.75 Å². The number of carbonyl (C=O) groups excluding carboxylic acids is 1. The van der Waals surface area contributed by atoms with Crippen LogP contribution in [0.25, 0.3) is 0 Å². The zero-order valence-electron chi connectivity index (χ0n) is 19.0. The van der Waals surface area contributed by atoms with Crippen LogP contribution in [-0.2, 0) is 11.2 Å². The molecule has 4 rings (SSSR count). The number of carbonyl (C=O) groups is 1. The second-order valence-electron chi connectivity index (χ2n) is 8.23. The van der Waals surface area contributed by atoms with Gasteiger partial charge in [-0.15, -0.1) is 0 Å². The van der Waals surface area contributed by atoms with Gasteiger partial charge in [0.25, 0.3) is 0 Å². The van der Waals surface area contributed by atoms with Crippen molar-refractivity contribution in [3.05, 3.63) is 59.7 Å². The monoisotopic (exact) mass is 435 g/mol. The summed E-state index contributed by atoms with van der Waals surface area (Å²) in [5.74, 6) is 1.58. The van der Waals surface area contributed by atoms with Crippen molar-refractivity contribution < 1.29 is 9.53 Å². The van der Waals surface area contributed by atoms with Crippen molar-refractivity contribution in [2.24, 2.45) is 4.99 Å². The van der Waals surface area contributed by atoms with Crippen LogP contribution in [0.4, 0.5) is 5.69 Å². The Bertz CT molecular complexity index is 955. The molecule has 1 amide bonds. The van der Waals surface area contributed by atoms with Crippen LogP contribution in [0.3, 0.4) is 0 Å². The second kappa shape index (κ2) is 10.5. The third-order valence-corrected chi connectivity index (χ3v) is 6.36. The van der Waals surface area contributed by atoms with Gasteiger partial charge in [-0.2, -0.15) is 0 Å². The molecule has 7 heteroatoms. The third-order valence-electron chi connectivity index (χ3n) is 6.36. The lowest BCUT2D eigenvalue weighted by Gasteiger charge is -2.30. The van der Waals surface area contributed by atoms with Crippen LogP contribution in [-0.4, -0.2) is 63.6 Å². The quantitative estimate of drug-likeness (QED) is 0.517. The maximum absolute atomic E-state index is 12.8. The molecule has 1 saturated heterocycles. The molecular formula is C25H33N5O2. The highest BCUT2D eigenvalue weighted by molar-refractivity contribution is 5.98. The summed E-state index contributed by atoms with van der Waals surface area (Å²) in [6, 6.07) is 16.5. The Morgan fingerprint density at radius 3 is 2.59 bits per heavy atom. The molecule has 0 bridgehead atoms. The molecule has 32 heavy (non-hydrogen) atoms. The minimum absolute atomic E-state index is 0.0544. The van der Waals surface area contributed by atoms with Gasteiger partial charge in [0.15, 0.2) is 5.96 Å². The molecule has 0 aliphatic carbocycles. The lowest BCUT2D eigenvalue weighted by atomic mass is 10.0. The van der Waals surface area contributed by atoms with Gasteiger partial charge in [-0.1, -0.05) is 36.4 Å². The number of nitrogens with one attached hydrogen (secondary N) is 2. The zero-order valence-corrected chi connectivity index (χ0v) is 19.0. The molecule has 7 nitrogen and oxygen atoms in total. The number of nitrogens with zero attached hydrogens (tertiary/aromatic N) is 3. The minimum atomic E-state index is 0.0544. The first-order valence-corrected chi connectivity index (χ1v) is 11.4. The number of rotatable bonds is 7. The Hall–Kier alpha value is -3.06. The number of fused-ring (bicyclic) bond motifs is 1. The van der Waals surface area contributed by atoms with Crippen LogP contribution >= 0.6 is 0 Å². The van der Waals surface area contributed by atoms with Crippen molar-refractivity contribution in [1.82, 2.24) is 15.5 Å². The number of likely N-dealkylation sites (tertiary alicyclic amines) is 1.